The second-order valence-corrected chi connectivity index (χ2v) is 9.36. The van der Waals surface area contributed by atoms with Crippen LogP contribution in [0.25, 0.3) is 27.0 Å². The van der Waals surface area contributed by atoms with E-state index < -0.39 is 0 Å². The summed E-state index contributed by atoms with van der Waals surface area (Å²) in [6, 6.07) is 44.6. The maximum Gasteiger partial charge on any atom is 0.0944 e. The highest BCUT2D eigenvalue weighted by molar-refractivity contribution is 7.18. The fourth-order valence-electron chi connectivity index (χ4n) is 4.05. The number of anilines is 3. The van der Waals surface area contributed by atoms with Crippen LogP contribution in [0.4, 0.5) is 17.1 Å². The molecule has 0 amide bonds. The summed E-state index contributed by atoms with van der Waals surface area (Å²) in [5.41, 5.74) is 7.53. The van der Waals surface area contributed by atoms with E-state index in [1.807, 2.05) is 25.1 Å². The molecule has 0 saturated heterocycles. The molecular formula is C32H24N2S. The van der Waals surface area contributed by atoms with Crippen molar-refractivity contribution in [1.29, 1.82) is 5.26 Å². The number of hydrogen-bond acceptors (Lipinski definition) is 3. The molecule has 4 aromatic carbocycles. The summed E-state index contributed by atoms with van der Waals surface area (Å²) in [7, 11) is 0. The molecule has 2 nitrogen and oxygen atoms in total. The minimum Gasteiger partial charge on any atom is -0.311 e. The normalized spacial score (nSPS) is 11.1. The van der Waals surface area contributed by atoms with Crippen molar-refractivity contribution in [2.24, 2.45) is 0 Å². The molecule has 0 aliphatic rings. The zero-order valence-corrected chi connectivity index (χ0v) is 20.2. The quantitative estimate of drug-likeness (QED) is 0.232. The van der Waals surface area contributed by atoms with Crippen LogP contribution in [0, 0.1) is 11.3 Å². The average molecular weight is 469 g/mol. The molecule has 35 heavy (non-hydrogen) atoms. The van der Waals surface area contributed by atoms with Crippen LogP contribution in [0.3, 0.4) is 0 Å². The largest absolute Gasteiger partial charge is 0.311 e. The lowest BCUT2D eigenvalue weighted by Crippen LogP contribution is -2.09. The highest BCUT2D eigenvalue weighted by Gasteiger charge is 2.12. The van der Waals surface area contributed by atoms with Crippen LogP contribution in [0.5, 0.6) is 0 Å². The Morgan fingerprint density at radius 3 is 1.57 bits per heavy atom. The molecule has 5 aromatic rings. The Morgan fingerprint density at radius 2 is 1.09 bits per heavy atom. The summed E-state index contributed by atoms with van der Waals surface area (Å²) < 4.78 is 0. The molecule has 0 bridgehead atoms. The summed E-state index contributed by atoms with van der Waals surface area (Å²) in [4.78, 5) is 4.74. The Bertz CT molecular complexity index is 1430. The van der Waals surface area contributed by atoms with E-state index in [-0.39, 0.29) is 0 Å². The van der Waals surface area contributed by atoms with Crippen LogP contribution in [0.15, 0.2) is 127 Å². The number of thiophene rings is 1. The molecule has 0 atom stereocenters. The topological polar surface area (TPSA) is 27.0 Å². The predicted octanol–water partition coefficient (Wildman–Crippen LogP) is 9.48. The van der Waals surface area contributed by atoms with Gasteiger partial charge >= 0.3 is 0 Å². The molecule has 3 heteroatoms. The first-order valence-corrected chi connectivity index (χ1v) is 12.3. The molecular weight excluding hydrogens is 444 g/mol. The van der Waals surface area contributed by atoms with E-state index in [1.54, 1.807) is 11.3 Å². The van der Waals surface area contributed by atoms with Crippen LogP contribution in [-0.2, 0) is 0 Å². The highest BCUT2D eigenvalue weighted by Crippen LogP contribution is 2.38. The minimum absolute atomic E-state index is 0.706. The number of benzene rings is 4. The molecule has 0 spiro atoms. The van der Waals surface area contributed by atoms with Crippen LogP contribution < -0.4 is 4.90 Å². The monoisotopic (exact) mass is 468 g/mol. The standard InChI is InChI=1S/C32H24N2S/c1-24(23-33)22-25-12-14-26(15-13-25)31-20-21-32(35-31)27-16-18-30(19-17-27)34(28-8-4-2-5-9-28)29-10-6-3-7-11-29/h2-22H,1H3/b24-22-. The minimum atomic E-state index is 0.706. The van der Waals surface area contributed by atoms with Crippen molar-refractivity contribution in [2.45, 2.75) is 6.92 Å². The molecule has 0 fully saturated rings. The van der Waals surface area contributed by atoms with Gasteiger partial charge in [-0.25, -0.2) is 0 Å². The molecule has 1 aromatic heterocycles. The van der Waals surface area contributed by atoms with Crippen molar-refractivity contribution in [3.05, 3.63) is 132 Å². The molecule has 0 N–H and O–H groups in total. The summed E-state index contributed by atoms with van der Waals surface area (Å²) in [6.45, 7) is 1.82. The van der Waals surface area contributed by atoms with Crippen LogP contribution in [0.2, 0.25) is 0 Å². The lowest BCUT2D eigenvalue weighted by atomic mass is 10.1. The van der Waals surface area contributed by atoms with Gasteiger partial charge in [0.2, 0.25) is 0 Å². The molecule has 168 valence electrons. The zero-order chi connectivity index (χ0) is 24.0. The number of rotatable bonds is 6. The van der Waals surface area contributed by atoms with Gasteiger partial charge in [-0.1, -0.05) is 72.8 Å². The zero-order valence-electron chi connectivity index (χ0n) is 19.4. The van der Waals surface area contributed by atoms with E-state index in [4.69, 9.17) is 5.26 Å². The molecule has 0 saturated carbocycles. The van der Waals surface area contributed by atoms with Gasteiger partial charge in [0.25, 0.3) is 0 Å². The smallest absolute Gasteiger partial charge is 0.0944 e. The van der Waals surface area contributed by atoms with Crippen molar-refractivity contribution in [1.82, 2.24) is 0 Å². The Balaban J connectivity index is 1.41. The Labute approximate surface area is 210 Å². The fraction of sp³-hybridized carbons (Fsp3) is 0.0312. The van der Waals surface area contributed by atoms with Crippen molar-refractivity contribution in [3.63, 3.8) is 0 Å². The van der Waals surface area contributed by atoms with Crippen molar-refractivity contribution in [3.8, 4) is 27.0 Å². The van der Waals surface area contributed by atoms with Crippen LogP contribution >= 0.6 is 11.3 Å². The molecule has 0 unspecified atom stereocenters. The first kappa shape index (κ1) is 22.4. The highest BCUT2D eigenvalue weighted by atomic mass is 32.1. The predicted molar refractivity (Wildman–Crippen MR) is 149 cm³/mol. The Hall–Kier alpha value is -4.39. The van der Waals surface area contributed by atoms with Crippen LogP contribution in [-0.4, -0.2) is 0 Å². The molecule has 0 radical (unpaired) electrons. The molecule has 5 rings (SSSR count). The van der Waals surface area contributed by atoms with E-state index in [1.165, 1.54) is 20.9 Å². The van der Waals surface area contributed by atoms with Crippen molar-refractivity contribution < 1.29 is 0 Å². The van der Waals surface area contributed by atoms with Gasteiger partial charge in [-0.2, -0.15) is 5.26 Å². The maximum atomic E-state index is 8.98. The van der Waals surface area contributed by atoms with Gasteiger partial charge in [-0.15, -0.1) is 11.3 Å². The van der Waals surface area contributed by atoms with Gasteiger partial charge in [0.15, 0.2) is 0 Å². The van der Waals surface area contributed by atoms with Gasteiger partial charge in [-0.3, -0.25) is 0 Å². The molecule has 1 heterocycles. The lowest BCUT2D eigenvalue weighted by molar-refractivity contribution is 1.28. The first-order valence-electron chi connectivity index (χ1n) is 11.5. The van der Waals surface area contributed by atoms with Gasteiger partial charge in [0.05, 0.1) is 6.07 Å². The average Bonchev–Trinajstić information content (AvgIpc) is 3.41. The summed E-state index contributed by atoms with van der Waals surface area (Å²) in [5.74, 6) is 0. The Kier molecular flexibility index (Phi) is 6.57. The third-order valence-corrected chi connectivity index (χ3v) is 6.98. The number of nitrogens with zero attached hydrogens (tertiary/aromatic N) is 2. The Morgan fingerprint density at radius 1 is 0.629 bits per heavy atom. The second kappa shape index (κ2) is 10.3. The van der Waals surface area contributed by atoms with E-state index in [9.17, 15) is 0 Å². The van der Waals surface area contributed by atoms with E-state index >= 15 is 0 Å². The van der Waals surface area contributed by atoms with E-state index in [2.05, 4.69) is 120 Å². The third kappa shape index (κ3) is 5.09. The number of allylic oxidation sites excluding steroid dienone is 1. The van der Waals surface area contributed by atoms with Gasteiger partial charge < -0.3 is 4.90 Å². The lowest BCUT2D eigenvalue weighted by Gasteiger charge is -2.25. The number of hydrogen-bond donors (Lipinski definition) is 0. The van der Waals surface area contributed by atoms with Gasteiger partial charge in [-0.05, 0) is 78.2 Å². The van der Waals surface area contributed by atoms with E-state index in [0.29, 0.717) is 5.57 Å². The van der Waals surface area contributed by atoms with Crippen molar-refractivity contribution in [2.75, 3.05) is 4.90 Å². The van der Waals surface area contributed by atoms with Crippen LogP contribution in [0.1, 0.15) is 12.5 Å². The van der Waals surface area contributed by atoms with E-state index in [0.717, 1.165) is 22.6 Å². The summed E-state index contributed by atoms with van der Waals surface area (Å²) in [5, 5.41) is 8.98. The SMILES string of the molecule is C/C(C#N)=C/c1ccc(-c2ccc(-c3ccc(N(c4ccccc4)c4ccccc4)cc3)s2)cc1. The first-order chi connectivity index (χ1) is 17.2. The summed E-state index contributed by atoms with van der Waals surface area (Å²) in [6.07, 6.45) is 1.90. The number of nitriles is 1. The maximum absolute atomic E-state index is 8.98. The summed E-state index contributed by atoms with van der Waals surface area (Å²) >= 11 is 1.79. The number of para-hydroxylation sites is 2. The van der Waals surface area contributed by atoms with Gasteiger partial charge in [0, 0.05) is 32.4 Å². The fourth-order valence-corrected chi connectivity index (χ4v) is 5.07. The molecule has 0 aliphatic carbocycles. The molecule has 0 aliphatic heterocycles. The van der Waals surface area contributed by atoms with Crippen molar-refractivity contribution >= 4 is 34.5 Å². The van der Waals surface area contributed by atoms with Gasteiger partial charge in [0.1, 0.15) is 0 Å². The second-order valence-electron chi connectivity index (χ2n) is 8.28. The third-order valence-electron chi connectivity index (χ3n) is 5.80.